The molecule has 3 heteroatoms. The molecule has 88 valence electrons. The van der Waals surface area contributed by atoms with Crippen molar-refractivity contribution in [1.29, 1.82) is 0 Å². The summed E-state index contributed by atoms with van der Waals surface area (Å²) in [4.78, 5) is 15.2. The van der Waals surface area contributed by atoms with Crippen LogP contribution in [0.15, 0.2) is 24.4 Å². The van der Waals surface area contributed by atoms with Gasteiger partial charge in [0.2, 0.25) is 0 Å². The Balaban J connectivity index is 1.87. The first-order valence-corrected chi connectivity index (χ1v) is 6.08. The van der Waals surface area contributed by atoms with E-state index in [9.17, 15) is 4.79 Å². The van der Waals surface area contributed by atoms with Crippen LogP contribution in [0.2, 0.25) is 0 Å². The van der Waals surface area contributed by atoms with Gasteiger partial charge in [-0.1, -0.05) is 11.6 Å². The molecule has 1 fully saturated rings. The van der Waals surface area contributed by atoms with E-state index in [1.165, 1.54) is 18.4 Å². The van der Waals surface area contributed by atoms with Crippen molar-refractivity contribution in [2.45, 2.75) is 25.8 Å². The van der Waals surface area contributed by atoms with E-state index in [4.69, 9.17) is 0 Å². The van der Waals surface area contributed by atoms with Crippen LogP contribution in [-0.2, 0) is 0 Å². The van der Waals surface area contributed by atoms with Crippen molar-refractivity contribution in [3.63, 3.8) is 0 Å². The molecule has 2 aromatic rings. The van der Waals surface area contributed by atoms with Crippen molar-refractivity contribution >= 4 is 16.7 Å². The second kappa shape index (κ2) is 4.00. The quantitative estimate of drug-likeness (QED) is 0.789. The van der Waals surface area contributed by atoms with Crippen molar-refractivity contribution in [3.05, 3.63) is 35.5 Å². The summed E-state index contributed by atoms with van der Waals surface area (Å²) in [6.07, 6.45) is 4.24. The van der Waals surface area contributed by atoms with E-state index in [0.717, 1.165) is 16.5 Å². The number of H-pyrrole nitrogens is 1. The largest absolute Gasteiger partial charge is 0.360 e. The van der Waals surface area contributed by atoms with Crippen molar-refractivity contribution in [1.82, 2.24) is 10.3 Å². The molecule has 3 rings (SSSR count). The average Bonchev–Trinajstić information content (AvgIpc) is 3.05. The maximum absolute atomic E-state index is 12.1. The van der Waals surface area contributed by atoms with Crippen molar-refractivity contribution in [2.24, 2.45) is 0 Å². The molecule has 0 amide bonds. The maximum atomic E-state index is 12.1. The second-order valence-electron chi connectivity index (χ2n) is 4.83. The zero-order valence-corrected chi connectivity index (χ0v) is 9.92. The van der Waals surface area contributed by atoms with Crippen LogP contribution in [0.25, 0.3) is 10.9 Å². The number of benzene rings is 1. The van der Waals surface area contributed by atoms with Crippen molar-refractivity contribution < 1.29 is 4.79 Å². The molecule has 1 aromatic carbocycles. The van der Waals surface area contributed by atoms with Gasteiger partial charge >= 0.3 is 0 Å². The highest BCUT2D eigenvalue weighted by Gasteiger charge is 2.22. The molecule has 1 aliphatic carbocycles. The lowest BCUT2D eigenvalue weighted by atomic mass is 10.1. The third-order valence-corrected chi connectivity index (χ3v) is 3.27. The van der Waals surface area contributed by atoms with Gasteiger partial charge in [-0.3, -0.25) is 4.79 Å². The average molecular weight is 228 g/mol. The Kier molecular flexibility index (Phi) is 2.48. The minimum atomic E-state index is 0.175. The zero-order chi connectivity index (χ0) is 11.8. The zero-order valence-electron chi connectivity index (χ0n) is 9.92. The number of hydrogen-bond donors (Lipinski definition) is 2. The van der Waals surface area contributed by atoms with Crippen molar-refractivity contribution in [3.8, 4) is 0 Å². The third-order valence-electron chi connectivity index (χ3n) is 3.27. The number of carbonyl (C=O) groups is 1. The van der Waals surface area contributed by atoms with Gasteiger partial charge in [0.05, 0.1) is 6.54 Å². The smallest absolute Gasteiger partial charge is 0.178 e. The van der Waals surface area contributed by atoms with Gasteiger partial charge in [0.15, 0.2) is 5.78 Å². The summed E-state index contributed by atoms with van der Waals surface area (Å²) >= 11 is 0. The van der Waals surface area contributed by atoms with Gasteiger partial charge in [0.25, 0.3) is 0 Å². The molecule has 0 radical (unpaired) electrons. The Labute approximate surface area is 100 Å². The van der Waals surface area contributed by atoms with E-state index in [0.29, 0.717) is 12.6 Å². The fraction of sp³-hybridized carbons (Fsp3) is 0.357. The number of aromatic nitrogens is 1. The number of ketones is 1. The summed E-state index contributed by atoms with van der Waals surface area (Å²) in [7, 11) is 0. The number of Topliss-reactive ketones (excluding diaryl/α,β-unsaturated/α-hetero) is 1. The summed E-state index contributed by atoms with van der Waals surface area (Å²) in [5.74, 6) is 0.175. The summed E-state index contributed by atoms with van der Waals surface area (Å²) in [5, 5.41) is 4.30. The molecule has 1 aromatic heterocycles. The van der Waals surface area contributed by atoms with Crippen LogP contribution in [-0.4, -0.2) is 23.4 Å². The number of aryl methyl sites for hydroxylation is 1. The Morgan fingerprint density at radius 1 is 1.47 bits per heavy atom. The first-order valence-electron chi connectivity index (χ1n) is 6.08. The van der Waals surface area contributed by atoms with Crippen molar-refractivity contribution in [2.75, 3.05) is 6.54 Å². The second-order valence-corrected chi connectivity index (χ2v) is 4.83. The van der Waals surface area contributed by atoms with E-state index in [-0.39, 0.29) is 5.78 Å². The monoisotopic (exact) mass is 228 g/mol. The molecule has 3 nitrogen and oxygen atoms in total. The molecule has 0 bridgehead atoms. The molecule has 1 saturated carbocycles. The number of nitrogens with one attached hydrogen (secondary N) is 2. The SMILES string of the molecule is Cc1ccc2[nH]cc(C(=O)CNC3CC3)c2c1. The molecule has 1 heterocycles. The normalized spacial score (nSPS) is 15.4. The number of hydrogen-bond acceptors (Lipinski definition) is 2. The van der Waals surface area contributed by atoms with Gasteiger partial charge in [-0.15, -0.1) is 0 Å². The molecule has 17 heavy (non-hydrogen) atoms. The molecular weight excluding hydrogens is 212 g/mol. The third kappa shape index (κ3) is 2.11. The minimum Gasteiger partial charge on any atom is -0.360 e. The summed E-state index contributed by atoms with van der Waals surface area (Å²) in [5.41, 5.74) is 3.02. The molecular formula is C14H16N2O. The fourth-order valence-corrected chi connectivity index (χ4v) is 2.08. The molecule has 0 unspecified atom stereocenters. The topological polar surface area (TPSA) is 44.9 Å². The van der Waals surface area contributed by atoms with Gasteiger partial charge < -0.3 is 10.3 Å². The van der Waals surface area contributed by atoms with Crippen LogP contribution < -0.4 is 5.32 Å². The highest BCUT2D eigenvalue weighted by Crippen LogP contribution is 2.21. The number of carbonyl (C=O) groups excluding carboxylic acids is 1. The van der Waals surface area contributed by atoms with Gasteiger partial charge in [-0.05, 0) is 31.9 Å². The minimum absolute atomic E-state index is 0.175. The summed E-state index contributed by atoms with van der Waals surface area (Å²) < 4.78 is 0. The molecule has 1 aliphatic rings. The molecule has 0 aliphatic heterocycles. The highest BCUT2D eigenvalue weighted by atomic mass is 16.1. The first-order chi connectivity index (χ1) is 8.24. The summed E-state index contributed by atoms with van der Waals surface area (Å²) in [6.45, 7) is 2.49. The van der Waals surface area contributed by atoms with Crippen LogP contribution in [0.3, 0.4) is 0 Å². The van der Waals surface area contributed by atoms with E-state index < -0.39 is 0 Å². The lowest BCUT2D eigenvalue weighted by Gasteiger charge is -2.01. The van der Waals surface area contributed by atoms with Crippen LogP contribution in [0.1, 0.15) is 28.8 Å². The number of rotatable bonds is 4. The number of aromatic amines is 1. The molecule has 2 N–H and O–H groups in total. The standard InChI is InChI=1S/C14H16N2O/c1-9-2-5-13-11(6-9)12(7-16-13)14(17)8-15-10-3-4-10/h2,5-7,10,15-16H,3-4,8H2,1H3. The lowest BCUT2D eigenvalue weighted by Crippen LogP contribution is -2.24. The van der Waals surface area contributed by atoms with E-state index in [2.05, 4.69) is 22.4 Å². The predicted octanol–water partition coefficient (Wildman–Crippen LogP) is 2.41. The Hall–Kier alpha value is -1.61. The fourth-order valence-electron chi connectivity index (χ4n) is 2.08. The van der Waals surface area contributed by atoms with Crippen LogP contribution in [0.5, 0.6) is 0 Å². The molecule has 0 spiro atoms. The van der Waals surface area contributed by atoms with Crippen LogP contribution in [0, 0.1) is 6.92 Å². The molecule has 0 atom stereocenters. The lowest BCUT2D eigenvalue weighted by molar-refractivity contribution is 0.0992. The van der Waals surface area contributed by atoms with Crippen LogP contribution >= 0.6 is 0 Å². The highest BCUT2D eigenvalue weighted by molar-refractivity contribution is 6.08. The Morgan fingerprint density at radius 2 is 2.29 bits per heavy atom. The maximum Gasteiger partial charge on any atom is 0.178 e. The van der Waals surface area contributed by atoms with Gasteiger partial charge in [0, 0.05) is 28.7 Å². The van der Waals surface area contributed by atoms with Crippen LogP contribution in [0.4, 0.5) is 0 Å². The Bertz CT molecular complexity index is 567. The van der Waals surface area contributed by atoms with Gasteiger partial charge in [0.1, 0.15) is 0 Å². The molecule has 0 saturated heterocycles. The predicted molar refractivity (Wildman–Crippen MR) is 68.4 cm³/mol. The van der Waals surface area contributed by atoms with Gasteiger partial charge in [-0.2, -0.15) is 0 Å². The number of fused-ring (bicyclic) bond motifs is 1. The first kappa shape index (κ1) is 10.5. The summed E-state index contributed by atoms with van der Waals surface area (Å²) in [6, 6.07) is 6.72. The van der Waals surface area contributed by atoms with E-state index >= 15 is 0 Å². The Morgan fingerprint density at radius 3 is 3.06 bits per heavy atom. The van der Waals surface area contributed by atoms with E-state index in [1.807, 2.05) is 19.2 Å². The van der Waals surface area contributed by atoms with E-state index in [1.54, 1.807) is 0 Å². The van der Waals surface area contributed by atoms with Gasteiger partial charge in [-0.25, -0.2) is 0 Å².